The van der Waals surface area contributed by atoms with Crippen LogP contribution in [0.5, 0.6) is 11.5 Å². The Morgan fingerprint density at radius 2 is 1.57 bits per heavy atom. The van der Waals surface area contributed by atoms with Gasteiger partial charge in [-0.05, 0) is 67.8 Å². The van der Waals surface area contributed by atoms with Gasteiger partial charge in [0.1, 0.15) is 11.5 Å². The van der Waals surface area contributed by atoms with Gasteiger partial charge in [0.25, 0.3) is 0 Å². The molecule has 0 radical (unpaired) electrons. The normalized spacial score (nSPS) is 30.0. The van der Waals surface area contributed by atoms with Crippen molar-refractivity contribution in [2.45, 2.75) is 51.4 Å². The molecular formula is C22H30N2O4. The van der Waals surface area contributed by atoms with Crippen LogP contribution < -0.4 is 20.3 Å². The van der Waals surface area contributed by atoms with Gasteiger partial charge in [-0.15, -0.1) is 0 Å². The molecule has 0 spiro atoms. The van der Waals surface area contributed by atoms with Gasteiger partial charge in [-0.25, -0.2) is 0 Å². The van der Waals surface area contributed by atoms with Crippen molar-refractivity contribution in [3.05, 3.63) is 23.8 Å². The molecule has 6 nitrogen and oxygen atoms in total. The Balaban J connectivity index is 1.29. The van der Waals surface area contributed by atoms with Crippen molar-refractivity contribution in [1.82, 2.24) is 10.9 Å². The largest absolute Gasteiger partial charge is 0.497 e. The molecule has 2 N–H and O–H groups in total. The van der Waals surface area contributed by atoms with Crippen LogP contribution in [-0.2, 0) is 16.0 Å². The molecule has 0 atom stereocenters. The minimum absolute atomic E-state index is 0.0722. The van der Waals surface area contributed by atoms with E-state index < -0.39 is 0 Å². The molecule has 4 aliphatic rings. The van der Waals surface area contributed by atoms with E-state index in [0.717, 1.165) is 23.3 Å². The predicted octanol–water partition coefficient (Wildman–Crippen LogP) is 3.00. The van der Waals surface area contributed by atoms with Gasteiger partial charge in [0.15, 0.2) is 0 Å². The lowest BCUT2D eigenvalue weighted by Crippen LogP contribution is -2.50. The second-order valence-corrected chi connectivity index (χ2v) is 9.05. The van der Waals surface area contributed by atoms with Crippen molar-refractivity contribution >= 4 is 11.8 Å². The van der Waals surface area contributed by atoms with Crippen molar-refractivity contribution in [1.29, 1.82) is 0 Å². The minimum atomic E-state index is -0.262. The highest BCUT2D eigenvalue weighted by molar-refractivity contribution is 5.84. The summed E-state index contributed by atoms with van der Waals surface area (Å²) in [4.78, 5) is 24.8. The molecule has 4 aliphatic carbocycles. The van der Waals surface area contributed by atoms with Gasteiger partial charge < -0.3 is 9.47 Å². The average molecular weight is 386 g/mol. The summed E-state index contributed by atoms with van der Waals surface area (Å²) in [7, 11) is 3.14. The molecule has 4 saturated carbocycles. The topological polar surface area (TPSA) is 76.7 Å². The summed E-state index contributed by atoms with van der Waals surface area (Å²) < 4.78 is 10.5. The molecule has 0 heterocycles. The maximum Gasteiger partial charge on any atom is 0.242 e. The van der Waals surface area contributed by atoms with Crippen LogP contribution in [-0.4, -0.2) is 26.0 Å². The lowest BCUT2D eigenvalue weighted by molar-refractivity contribution is -0.134. The maximum atomic E-state index is 12.5. The smallest absolute Gasteiger partial charge is 0.242 e. The number of rotatable bonds is 6. The summed E-state index contributed by atoms with van der Waals surface area (Å²) in [6.07, 6.45) is 8.30. The molecule has 2 amide bonds. The van der Waals surface area contributed by atoms with E-state index in [-0.39, 0.29) is 23.7 Å². The van der Waals surface area contributed by atoms with E-state index in [2.05, 4.69) is 10.9 Å². The van der Waals surface area contributed by atoms with Crippen molar-refractivity contribution in [3.8, 4) is 11.5 Å². The van der Waals surface area contributed by atoms with Gasteiger partial charge in [0.05, 0.1) is 20.6 Å². The number of benzene rings is 1. The van der Waals surface area contributed by atoms with Crippen LogP contribution >= 0.6 is 0 Å². The zero-order chi connectivity index (χ0) is 19.7. The highest BCUT2D eigenvalue weighted by Crippen LogP contribution is 2.61. The molecule has 4 bridgehead atoms. The number of methoxy groups -OCH3 is 2. The lowest BCUT2D eigenvalue weighted by Gasteiger charge is -2.56. The molecule has 0 unspecified atom stereocenters. The number of carbonyl (C=O) groups is 2. The van der Waals surface area contributed by atoms with Crippen molar-refractivity contribution in [2.24, 2.45) is 23.2 Å². The van der Waals surface area contributed by atoms with E-state index in [1.165, 1.54) is 38.5 Å². The van der Waals surface area contributed by atoms with Crippen LogP contribution in [0, 0.1) is 23.2 Å². The number of nitrogens with one attached hydrogen (secondary N) is 2. The SMILES string of the molecule is COc1ccc(CC(=O)NNC(=O)CC23CC4CC(CC(C4)C2)C3)c(OC)c1. The zero-order valence-electron chi connectivity index (χ0n) is 16.8. The fourth-order valence-corrected chi connectivity index (χ4v) is 6.25. The van der Waals surface area contributed by atoms with Gasteiger partial charge in [-0.1, -0.05) is 6.07 Å². The second kappa shape index (κ2) is 7.64. The van der Waals surface area contributed by atoms with Crippen molar-refractivity contribution in [3.63, 3.8) is 0 Å². The maximum absolute atomic E-state index is 12.5. The summed E-state index contributed by atoms with van der Waals surface area (Å²) in [5, 5.41) is 0. The van der Waals surface area contributed by atoms with Crippen LogP contribution in [0.4, 0.5) is 0 Å². The molecule has 152 valence electrons. The molecule has 0 aromatic heterocycles. The Hall–Kier alpha value is -2.24. The van der Waals surface area contributed by atoms with Crippen molar-refractivity contribution in [2.75, 3.05) is 14.2 Å². The Bertz CT molecular complexity index is 726. The molecule has 28 heavy (non-hydrogen) atoms. The molecule has 1 aromatic carbocycles. The van der Waals surface area contributed by atoms with Crippen molar-refractivity contribution < 1.29 is 19.1 Å². The van der Waals surface area contributed by atoms with Gasteiger partial charge in [-0.2, -0.15) is 0 Å². The molecule has 0 aliphatic heterocycles. The number of hydrogen-bond acceptors (Lipinski definition) is 4. The lowest BCUT2D eigenvalue weighted by atomic mass is 9.49. The first-order valence-corrected chi connectivity index (χ1v) is 10.3. The summed E-state index contributed by atoms with van der Waals surface area (Å²) in [5.41, 5.74) is 6.12. The first kappa shape index (κ1) is 19.1. The number of hydrazine groups is 1. The monoisotopic (exact) mass is 386 g/mol. The van der Waals surface area contributed by atoms with Crippen LogP contribution in [0.1, 0.15) is 50.5 Å². The third-order valence-electron chi connectivity index (χ3n) is 6.89. The van der Waals surface area contributed by atoms with E-state index in [1.807, 2.05) is 0 Å². The standard InChI is InChI=1S/C22H30N2O4/c1-27-18-4-3-17(19(9-18)28-2)8-20(25)23-24-21(26)13-22-10-14-5-15(11-22)7-16(6-14)12-22/h3-4,9,14-16H,5-8,10-13H2,1-2H3,(H,23,25)(H,24,26). The van der Waals surface area contributed by atoms with E-state index in [9.17, 15) is 9.59 Å². The number of amides is 2. The molecule has 6 heteroatoms. The van der Waals surface area contributed by atoms with Gasteiger partial charge in [-0.3, -0.25) is 20.4 Å². The average Bonchev–Trinajstić information content (AvgIpc) is 2.65. The fraction of sp³-hybridized carbons (Fsp3) is 0.636. The van der Waals surface area contributed by atoms with Crippen LogP contribution in [0.25, 0.3) is 0 Å². The highest BCUT2D eigenvalue weighted by Gasteiger charge is 2.51. The number of hydrogen-bond donors (Lipinski definition) is 2. The second-order valence-electron chi connectivity index (χ2n) is 9.05. The Morgan fingerprint density at radius 3 is 2.14 bits per heavy atom. The first-order chi connectivity index (χ1) is 13.5. The summed E-state index contributed by atoms with van der Waals surface area (Å²) in [6, 6.07) is 5.33. The number of ether oxygens (including phenoxy) is 2. The molecular weight excluding hydrogens is 356 g/mol. The van der Waals surface area contributed by atoms with Crippen LogP contribution in [0.3, 0.4) is 0 Å². The van der Waals surface area contributed by atoms with Crippen LogP contribution in [0.15, 0.2) is 18.2 Å². The Kier molecular flexibility index (Phi) is 5.21. The predicted molar refractivity (Wildman–Crippen MR) is 105 cm³/mol. The van der Waals surface area contributed by atoms with E-state index >= 15 is 0 Å². The quantitative estimate of drug-likeness (QED) is 0.737. The Morgan fingerprint density at radius 1 is 0.964 bits per heavy atom. The van der Waals surface area contributed by atoms with Gasteiger partial charge in [0.2, 0.25) is 11.8 Å². The molecule has 5 rings (SSSR count). The van der Waals surface area contributed by atoms with Gasteiger partial charge in [0, 0.05) is 18.1 Å². The van der Waals surface area contributed by atoms with E-state index in [1.54, 1.807) is 32.4 Å². The highest BCUT2D eigenvalue weighted by atomic mass is 16.5. The molecule has 1 aromatic rings. The summed E-state index contributed by atoms with van der Waals surface area (Å²) in [5.74, 6) is 3.38. The van der Waals surface area contributed by atoms with Gasteiger partial charge >= 0.3 is 0 Å². The van der Waals surface area contributed by atoms with E-state index in [4.69, 9.17) is 9.47 Å². The third kappa shape index (κ3) is 3.96. The minimum Gasteiger partial charge on any atom is -0.497 e. The summed E-state index contributed by atoms with van der Waals surface area (Å²) >= 11 is 0. The first-order valence-electron chi connectivity index (χ1n) is 10.3. The Labute approximate surface area is 166 Å². The van der Waals surface area contributed by atoms with Crippen LogP contribution in [0.2, 0.25) is 0 Å². The summed E-state index contributed by atoms with van der Waals surface area (Å²) in [6.45, 7) is 0. The fourth-order valence-electron chi connectivity index (χ4n) is 6.25. The third-order valence-corrected chi connectivity index (χ3v) is 6.89. The molecule has 4 fully saturated rings. The zero-order valence-corrected chi connectivity index (χ0v) is 16.8. The molecule has 0 saturated heterocycles. The number of carbonyl (C=O) groups excluding carboxylic acids is 2. The van der Waals surface area contributed by atoms with E-state index in [0.29, 0.717) is 17.9 Å².